The first kappa shape index (κ1) is 17.8. The van der Waals surface area contributed by atoms with Gasteiger partial charge in [0.2, 0.25) is 0 Å². The van der Waals surface area contributed by atoms with Crippen LogP contribution in [0, 0.1) is 0 Å². The van der Waals surface area contributed by atoms with E-state index >= 15 is 0 Å². The van der Waals surface area contributed by atoms with Crippen molar-refractivity contribution in [2.24, 2.45) is 0 Å². The van der Waals surface area contributed by atoms with Crippen molar-refractivity contribution in [3.05, 3.63) is 0 Å². The molecule has 1 aliphatic rings. The van der Waals surface area contributed by atoms with Crippen molar-refractivity contribution >= 4 is 21.1 Å². The minimum atomic E-state index is -0.362. The molecule has 0 aliphatic carbocycles. The van der Waals surface area contributed by atoms with Crippen molar-refractivity contribution in [1.29, 1.82) is 0 Å². The monoisotopic (exact) mass is 375 g/mol. The van der Waals surface area contributed by atoms with E-state index in [-0.39, 0.29) is 21.1 Å². The molecule has 0 bridgehead atoms. The van der Waals surface area contributed by atoms with Crippen molar-refractivity contribution in [3.63, 3.8) is 0 Å². The molecule has 0 aromatic rings. The second-order valence-corrected chi connectivity index (χ2v) is 11.2. The summed E-state index contributed by atoms with van der Waals surface area (Å²) in [5.41, 5.74) is 0. The van der Waals surface area contributed by atoms with E-state index in [0.29, 0.717) is 0 Å². The van der Waals surface area contributed by atoms with E-state index < -0.39 is 0 Å². The summed E-state index contributed by atoms with van der Waals surface area (Å²) < 4.78 is 8.23. The molecule has 1 radical (unpaired) electrons. The molecule has 1 fully saturated rings. The zero-order chi connectivity index (χ0) is 13.6. The molecule has 19 heavy (non-hydrogen) atoms. The molecule has 0 aromatic heterocycles. The van der Waals surface area contributed by atoms with Crippen molar-refractivity contribution in [2.75, 3.05) is 6.61 Å². The molecule has 2 heteroatoms. The van der Waals surface area contributed by atoms with Crippen LogP contribution in [0.4, 0.5) is 0 Å². The van der Waals surface area contributed by atoms with Gasteiger partial charge < -0.3 is 0 Å². The van der Waals surface area contributed by atoms with Crippen LogP contribution in [-0.2, 0) is 4.74 Å². The Kier molecular flexibility index (Phi) is 12.9. The molecule has 1 heterocycles. The van der Waals surface area contributed by atoms with Crippen molar-refractivity contribution < 1.29 is 4.74 Å². The zero-order valence-electron chi connectivity index (χ0n) is 13.2. The van der Waals surface area contributed by atoms with Gasteiger partial charge in [0.1, 0.15) is 0 Å². The van der Waals surface area contributed by atoms with Gasteiger partial charge >= 0.3 is 131 Å². The van der Waals surface area contributed by atoms with Gasteiger partial charge in [0.25, 0.3) is 0 Å². The molecule has 113 valence electrons. The van der Waals surface area contributed by atoms with Crippen molar-refractivity contribution in [3.8, 4) is 0 Å². The van der Waals surface area contributed by atoms with E-state index in [4.69, 9.17) is 4.74 Å². The third-order valence-electron chi connectivity index (χ3n) is 4.20. The predicted molar refractivity (Wildman–Crippen MR) is 87.4 cm³/mol. The summed E-state index contributed by atoms with van der Waals surface area (Å²) in [5.74, 6) is 0. The summed E-state index contributed by atoms with van der Waals surface area (Å²) in [6, 6.07) is 0. The van der Waals surface area contributed by atoms with Gasteiger partial charge in [0, 0.05) is 0 Å². The van der Waals surface area contributed by atoms with Crippen LogP contribution in [0.2, 0.25) is 4.44 Å². The van der Waals surface area contributed by atoms with Crippen LogP contribution in [0.3, 0.4) is 0 Å². The Morgan fingerprint density at radius 1 is 0.842 bits per heavy atom. The van der Waals surface area contributed by atoms with Crippen LogP contribution in [0.15, 0.2) is 0 Å². The Bertz CT molecular complexity index is 178. The molecule has 0 spiro atoms. The third-order valence-corrected chi connectivity index (χ3v) is 9.32. The Balaban J connectivity index is 1.71. The van der Waals surface area contributed by atoms with Crippen LogP contribution >= 0.6 is 0 Å². The van der Waals surface area contributed by atoms with E-state index in [0.717, 1.165) is 10.7 Å². The van der Waals surface area contributed by atoms with Crippen LogP contribution < -0.4 is 0 Å². The van der Waals surface area contributed by atoms with Gasteiger partial charge in [-0.1, -0.05) is 0 Å². The molecular weight excluding hydrogens is 339 g/mol. The second kappa shape index (κ2) is 13.7. The molecule has 0 saturated carbocycles. The molecule has 1 nitrogen and oxygen atoms in total. The Hall–Kier alpha value is 0.759. The van der Waals surface area contributed by atoms with Gasteiger partial charge in [-0.2, -0.15) is 0 Å². The number of hydrogen-bond donors (Lipinski definition) is 0. The van der Waals surface area contributed by atoms with Gasteiger partial charge in [-0.15, -0.1) is 0 Å². The Labute approximate surface area is 131 Å². The first-order chi connectivity index (χ1) is 9.43. The van der Waals surface area contributed by atoms with Gasteiger partial charge in [-0.3, -0.25) is 0 Å². The van der Waals surface area contributed by atoms with Gasteiger partial charge in [0.05, 0.1) is 0 Å². The summed E-state index contributed by atoms with van der Waals surface area (Å²) in [7, 11) is 0. The quantitative estimate of drug-likeness (QED) is 0.333. The summed E-state index contributed by atoms with van der Waals surface area (Å²) >= 11 is -0.362. The Morgan fingerprint density at radius 3 is 2.05 bits per heavy atom. The fourth-order valence-electron chi connectivity index (χ4n) is 2.89. The third kappa shape index (κ3) is 11.1. The van der Waals surface area contributed by atoms with E-state index in [1.807, 2.05) is 0 Å². The molecular formula is C17H35OSn. The van der Waals surface area contributed by atoms with E-state index in [1.54, 1.807) is 4.44 Å². The molecule has 1 aliphatic heterocycles. The SMILES string of the molecule is CCCCCCCCCCC[CH2][SnH][CH]1CCCCO1. The Morgan fingerprint density at radius 2 is 1.47 bits per heavy atom. The number of unbranched alkanes of at least 4 members (excludes halogenated alkanes) is 9. The fraction of sp³-hybridized carbons (Fsp3) is 1.00. The molecule has 0 amide bonds. The minimum absolute atomic E-state index is 0.362. The second-order valence-electron chi connectivity index (χ2n) is 6.11. The molecule has 1 unspecified atom stereocenters. The predicted octanol–water partition coefficient (Wildman–Crippen LogP) is 5.29. The van der Waals surface area contributed by atoms with Crippen LogP contribution in [0.5, 0.6) is 0 Å². The summed E-state index contributed by atoms with van der Waals surface area (Å²) in [4.78, 5) is 0. The molecule has 0 N–H and O–H groups in total. The standard InChI is InChI=1S/C12H25.C5H9O.Sn.H/c1-3-5-7-9-11-12-10-8-6-4-2;1-2-4-6-5-3-1;;/h1,3-12H2,2H3;4H,1-3,5H2;;. The number of hydrogen-bond acceptors (Lipinski definition) is 1. The first-order valence-corrected chi connectivity index (χ1v) is 13.1. The van der Waals surface area contributed by atoms with Crippen molar-refractivity contribution in [1.82, 2.24) is 0 Å². The summed E-state index contributed by atoms with van der Waals surface area (Å²) in [6.45, 7) is 3.36. The number of ether oxygens (including phenoxy) is 1. The van der Waals surface area contributed by atoms with E-state index in [1.165, 1.54) is 83.5 Å². The summed E-state index contributed by atoms with van der Waals surface area (Å²) in [6.07, 6.45) is 18.8. The average molecular weight is 374 g/mol. The zero-order valence-corrected chi connectivity index (χ0v) is 16.5. The average Bonchev–Trinajstić information content (AvgIpc) is 2.46. The van der Waals surface area contributed by atoms with Crippen LogP contribution in [0.1, 0.15) is 90.4 Å². The fourth-order valence-corrected chi connectivity index (χ4v) is 7.57. The van der Waals surface area contributed by atoms with Gasteiger partial charge in [-0.25, -0.2) is 0 Å². The van der Waals surface area contributed by atoms with Crippen molar-refractivity contribution in [2.45, 2.75) is 99.0 Å². The molecule has 1 rings (SSSR count). The van der Waals surface area contributed by atoms with Gasteiger partial charge in [0.15, 0.2) is 0 Å². The summed E-state index contributed by atoms with van der Waals surface area (Å²) in [5, 5.41) is 0. The number of rotatable bonds is 12. The van der Waals surface area contributed by atoms with E-state index in [9.17, 15) is 0 Å². The van der Waals surface area contributed by atoms with E-state index in [2.05, 4.69) is 6.92 Å². The maximum absolute atomic E-state index is 5.85. The molecule has 1 saturated heterocycles. The normalized spacial score (nSPS) is 19.7. The van der Waals surface area contributed by atoms with Crippen LogP contribution in [0.25, 0.3) is 0 Å². The van der Waals surface area contributed by atoms with Gasteiger partial charge in [-0.05, 0) is 0 Å². The first-order valence-electron chi connectivity index (χ1n) is 8.88. The maximum atomic E-state index is 5.85. The molecule has 0 aromatic carbocycles. The topological polar surface area (TPSA) is 9.23 Å². The van der Waals surface area contributed by atoms with Crippen LogP contribution in [-0.4, -0.2) is 31.9 Å². The molecule has 1 atom stereocenters.